The zero-order valence-electron chi connectivity index (χ0n) is 20.8. The van der Waals surface area contributed by atoms with Gasteiger partial charge in [0.15, 0.2) is 17.8 Å². The summed E-state index contributed by atoms with van der Waals surface area (Å²) >= 11 is 6.45. The molecular formula is C31H27ClO5. The molecule has 0 N–H and O–H groups in total. The van der Waals surface area contributed by atoms with E-state index >= 15 is 0 Å². The van der Waals surface area contributed by atoms with E-state index in [1.54, 1.807) is 12.1 Å². The average molecular weight is 515 g/mol. The number of aldehydes is 1. The van der Waals surface area contributed by atoms with Gasteiger partial charge in [0.05, 0.1) is 10.6 Å². The van der Waals surface area contributed by atoms with E-state index in [2.05, 4.69) is 13.0 Å². The Labute approximate surface area is 221 Å². The van der Waals surface area contributed by atoms with Crippen LogP contribution in [0.1, 0.15) is 32.6 Å². The number of hydrogen-bond donors (Lipinski definition) is 0. The monoisotopic (exact) mass is 514 g/mol. The molecule has 0 bridgehead atoms. The molecule has 1 heterocycles. The fraction of sp³-hybridized carbons (Fsp3) is 0.194. The highest BCUT2D eigenvalue weighted by Crippen LogP contribution is 2.37. The summed E-state index contributed by atoms with van der Waals surface area (Å²) in [6.45, 7) is 5.84. The molecule has 0 amide bonds. The molecule has 1 aliphatic heterocycles. The number of rotatable bonds is 8. The van der Waals surface area contributed by atoms with Gasteiger partial charge in [-0.2, -0.15) is 0 Å². The molecule has 0 saturated heterocycles. The van der Waals surface area contributed by atoms with Crippen LogP contribution in [0.3, 0.4) is 0 Å². The second kappa shape index (κ2) is 11.0. The minimum absolute atomic E-state index is 0.307. The van der Waals surface area contributed by atoms with Crippen LogP contribution in [0.5, 0.6) is 23.0 Å². The first-order valence-corrected chi connectivity index (χ1v) is 12.5. The quantitative estimate of drug-likeness (QED) is 0.230. The molecular weight excluding hydrogens is 488 g/mol. The van der Waals surface area contributed by atoms with Crippen molar-refractivity contribution in [1.82, 2.24) is 0 Å². The average Bonchev–Trinajstić information content (AvgIpc) is 2.92. The maximum absolute atomic E-state index is 11.6. The lowest BCUT2D eigenvalue weighted by Crippen LogP contribution is -2.15. The minimum atomic E-state index is 0.307. The van der Waals surface area contributed by atoms with Gasteiger partial charge in [0.1, 0.15) is 37.9 Å². The van der Waals surface area contributed by atoms with E-state index in [1.165, 1.54) is 0 Å². The van der Waals surface area contributed by atoms with E-state index in [0.717, 1.165) is 51.2 Å². The van der Waals surface area contributed by atoms with Gasteiger partial charge in [-0.25, -0.2) is 0 Å². The number of halogens is 1. The fourth-order valence-corrected chi connectivity index (χ4v) is 4.59. The topological polar surface area (TPSA) is 54.0 Å². The van der Waals surface area contributed by atoms with Gasteiger partial charge in [0, 0.05) is 6.07 Å². The third-order valence-electron chi connectivity index (χ3n) is 6.35. The van der Waals surface area contributed by atoms with Crippen molar-refractivity contribution < 1.29 is 23.7 Å². The van der Waals surface area contributed by atoms with Crippen molar-refractivity contribution in [1.29, 1.82) is 0 Å². The largest absolute Gasteiger partial charge is 0.488 e. The summed E-state index contributed by atoms with van der Waals surface area (Å²) in [5.74, 6) is 2.40. The Balaban J connectivity index is 1.35. The van der Waals surface area contributed by atoms with Crippen LogP contribution in [0.2, 0.25) is 5.02 Å². The summed E-state index contributed by atoms with van der Waals surface area (Å²) in [5.41, 5.74) is 6.78. The molecule has 188 valence electrons. The van der Waals surface area contributed by atoms with Crippen molar-refractivity contribution in [3.05, 3.63) is 106 Å². The fourth-order valence-electron chi connectivity index (χ4n) is 4.36. The molecule has 37 heavy (non-hydrogen) atoms. The van der Waals surface area contributed by atoms with Crippen LogP contribution in [0.15, 0.2) is 72.8 Å². The second-order valence-electron chi connectivity index (χ2n) is 8.95. The molecule has 0 saturated carbocycles. The first kappa shape index (κ1) is 24.7. The molecule has 0 atom stereocenters. The standard InChI is InChI=1S/C31H27ClO5/c1-20-5-3-6-22(13-20)18-36-29-16-30(27(32)14-25(29)17-33)37-19-24-7-4-8-26(21(24)2)23-9-10-28-31(15-23)35-12-11-34-28/h3-10,13-17H,11-12,18-19H2,1-2H3. The highest BCUT2D eigenvalue weighted by Gasteiger charge is 2.16. The summed E-state index contributed by atoms with van der Waals surface area (Å²) in [7, 11) is 0. The maximum Gasteiger partial charge on any atom is 0.161 e. The summed E-state index contributed by atoms with van der Waals surface area (Å²) in [4.78, 5) is 11.6. The SMILES string of the molecule is Cc1cccc(COc2cc(OCc3cccc(-c4ccc5c(c4)OCCO5)c3C)c(Cl)cc2C=O)c1. The zero-order chi connectivity index (χ0) is 25.8. The van der Waals surface area contributed by atoms with Crippen molar-refractivity contribution in [3.8, 4) is 34.1 Å². The van der Waals surface area contributed by atoms with E-state index in [4.69, 9.17) is 30.5 Å². The summed E-state index contributed by atoms with van der Waals surface area (Å²) < 4.78 is 23.5. The molecule has 0 radical (unpaired) electrons. The lowest BCUT2D eigenvalue weighted by Gasteiger charge is -2.20. The molecule has 6 heteroatoms. The van der Waals surface area contributed by atoms with E-state index in [0.29, 0.717) is 48.5 Å². The van der Waals surface area contributed by atoms with Crippen molar-refractivity contribution in [3.63, 3.8) is 0 Å². The van der Waals surface area contributed by atoms with Gasteiger partial charge in [-0.15, -0.1) is 0 Å². The molecule has 5 rings (SSSR count). The normalized spacial score (nSPS) is 12.2. The van der Waals surface area contributed by atoms with Crippen molar-refractivity contribution in [2.45, 2.75) is 27.1 Å². The molecule has 1 aliphatic rings. The molecule has 0 aliphatic carbocycles. The van der Waals surface area contributed by atoms with Gasteiger partial charge in [-0.3, -0.25) is 4.79 Å². The Kier molecular flexibility index (Phi) is 7.33. The van der Waals surface area contributed by atoms with Crippen molar-refractivity contribution in [2.75, 3.05) is 13.2 Å². The molecule has 4 aromatic carbocycles. The molecule has 0 fully saturated rings. The Morgan fingerprint density at radius 1 is 0.838 bits per heavy atom. The van der Waals surface area contributed by atoms with Crippen LogP contribution >= 0.6 is 11.6 Å². The second-order valence-corrected chi connectivity index (χ2v) is 9.36. The Bertz CT molecular complexity index is 1450. The van der Waals surface area contributed by atoms with Crippen molar-refractivity contribution >= 4 is 17.9 Å². The van der Waals surface area contributed by atoms with Gasteiger partial charge >= 0.3 is 0 Å². The minimum Gasteiger partial charge on any atom is -0.488 e. The van der Waals surface area contributed by atoms with E-state index < -0.39 is 0 Å². The lowest BCUT2D eigenvalue weighted by molar-refractivity contribution is 0.111. The van der Waals surface area contributed by atoms with E-state index in [-0.39, 0.29) is 0 Å². The first-order valence-electron chi connectivity index (χ1n) is 12.1. The Hall–Kier alpha value is -3.96. The summed E-state index contributed by atoms with van der Waals surface area (Å²) in [6, 6.07) is 23.4. The van der Waals surface area contributed by atoms with Crippen LogP contribution in [-0.4, -0.2) is 19.5 Å². The lowest BCUT2D eigenvalue weighted by atomic mass is 9.96. The van der Waals surface area contributed by atoms with E-state index in [1.807, 2.05) is 61.5 Å². The molecule has 4 aromatic rings. The molecule has 0 aromatic heterocycles. The zero-order valence-corrected chi connectivity index (χ0v) is 21.5. The van der Waals surface area contributed by atoms with Crippen LogP contribution in [0.25, 0.3) is 11.1 Å². The summed E-state index contributed by atoms with van der Waals surface area (Å²) in [6.07, 6.45) is 0.738. The van der Waals surface area contributed by atoms with Crippen LogP contribution in [0.4, 0.5) is 0 Å². The van der Waals surface area contributed by atoms with Crippen LogP contribution in [0, 0.1) is 13.8 Å². The van der Waals surface area contributed by atoms with Crippen LogP contribution in [-0.2, 0) is 13.2 Å². The third kappa shape index (κ3) is 5.57. The van der Waals surface area contributed by atoms with Gasteiger partial charge in [0.25, 0.3) is 0 Å². The van der Waals surface area contributed by atoms with Gasteiger partial charge < -0.3 is 18.9 Å². The highest BCUT2D eigenvalue weighted by atomic mass is 35.5. The Morgan fingerprint density at radius 3 is 2.43 bits per heavy atom. The van der Waals surface area contributed by atoms with E-state index in [9.17, 15) is 4.79 Å². The number of carbonyl (C=O) groups excluding carboxylic acids is 1. The van der Waals surface area contributed by atoms with Crippen LogP contribution < -0.4 is 18.9 Å². The number of hydrogen-bond acceptors (Lipinski definition) is 5. The molecule has 0 spiro atoms. The highest BCUT2D eigenvalue weighted by molar-refractivity contribution is 6.32. The van der Waals surface area contributed by atoms with Gasteiger partial charge in [-0.1, -0.05) is 65.7 Å². The first-order chi connectivity index (χ1) is 18.0. The third-order valence-corrected chi connectivity index (χ3v) is 6.65. The summed E-state index contributed by atoms with van der Waals surface area (Å²) in [5, 5.41) is 0.352. The Morgan fingerprint density at radius 2 is 1.62 bits per heavy atom. The van der Waals surface area contributed by atoms with Gasteiger partial charge in [-0.05, 0) is 59.9 Å². The smallest absolute Gasteiger partial charge is 0.161 e. The number of fused-ring (bicyclic) bond motifs is 1. The maximum atomic E-state index is 11.6. The molecule has 5 nitrogen and oxygen atoms in total. The van der Waals surface area contributed by atoms with Gasteiger partial charge in [0.2, 0.25) is 0 Å². The predicted molar refractivity (Wildman–Crippen MR) is 144 cm³/mol. The number of benzene rings is 4. The number of carbonyl (C=O) groups is 1. The number of ether oxygens (including phenoxy) is 4. The number of aryl methyl sites for hydroxylation is 1. The predicted octanol–water partition coefficient (Wildman–Crippen LogP) is 7.37. The van der Waals surface area contributed by atoms with Crippen molar-refractivity contribution in [2.24, 2.45) is 0 Å². The molecule has 0 unspecified atom stereocenters.